The van der Waals surface area contributed by atoms with Crippen LogP contribution in [0, 0.1) is 20.8 Å². The van der Waals surface area contributed by atoms with Crippen LogP contribution in [0.4, 0.5) is 11.5 Å². The van der Waals surface area contributed by atoms with Gasteiger partial charge in [0.15, 0.2) is 5.82 Å². The molecule has 3 aromatic rings. The third-order valence-electron chi connectivity index (χ3n) is 6.41. The second-order valence-electron chi connectivity index (χ2n) is 10.1. The van der Waals surface area contributed by atoms with Gasteiger partial charge in [-0.2, -0.15) is 0 Å². The summed E-state index contributed by atoms with van der Waals surface area (Å²) in [6.07, 6.45) is 0.442. The summed E-state index contributed by atoms with van der Waals surface area (Å²) in [5.74, 6) is -0.303. The second kappa shape index (κ2) is 12.3. The molecule has 2 aromatic carbocycles. The summed E-state index contributed by atoms with van der Waals surface area (Å²) < 4.78 is 4.98. The van der Waals surface area contributed by atoms with Gasteiger partial charge in [0.1, 0.15) is 11.8 Å². The highest BCUT2D eigenvalue weighted by molar-refractivity contribution is 6.31. The van der Waals surface area contributed by atoms with Crippen molar-refractivity contribution in [1.82, 2.24) is 10.5 Å². The van der Waals surface area contributed by atoms with Crippen molar-refractivity contribution in [1.29, 1.82) is 0 Å². The molecular formula is C29H35ClN4O4. The van der Waals surface area contributed by atoms with Crippen LogP contribution in [0.25, 0.3) is 0 Å². The number of carbonyl (C=O) groups excluding carboxylic acids is 3. The Morgan fingerprint density at radius 1 is 1.05 bits per heavy atom. The number of halogens is 1. The molecule has 202 valence electrons. The third-order valence-corrected chi connectivity index (χ3v) is 6.75. The molecule has 1 heterocycles. The topological polar surface area (TPSA) is 105 Å². The van der Waals surface area contributed by atoms with Crippen molar-refractivity contribution in [3.63, 3.8) is 0 Å². The fourth-order valence-corrected chi connectivity index (χ4v) is 4.19. The maximum atomic E-state index is 13.9. The van der Waals surface area contributed by atoms with Crippen molar-refractivity contribution in [2.24, 2.45) is 0 Å². The van der Waals surface area contributed by atoms with E-state index in [0.717, 1.165) is 11.1 Å². The van der Waals surface area contributed by atoms with Gasteiger partial charge in [-0.1, -0.05) is 54.0 Å². The Kier molecular flexibility index (Phi) is 9.33. The molecule has 3 amide bonds. The van der Waals surface area contributed by atoms with E-state index in [4.69, 9.17) is 16.1 Å². The normalized spacial score (nSPS) is 12.1. The van der Waals surface area contributed by atoms with Crippen LogP contribution in [0.15, 0.2) is 53.1 Å². The summed E-state index contributed by atoms with van der Waals surface area (Å²) in [5.41, 5.74) is 2.30. The van der Waals surface area contributed by atoms with Crippen LogP contribution in [0.2, 0.25) is 5.02 Å². The van der Waals surface area contributed by atoms with Crippen LogP contribution < -0.4 is 15.5 Å². The average molecular weight is 539 g/mol. The quantitative estimate of drug-likeness (QED) is 0.327. The number of anilines is 2. The highest BCUT2D eigenvalue weighted by atomic mass is 35.5. The summed E-state index contributed by atoms with van der Waals surface area (Å²) in [5, 5.41) is 9.84. The average Bonchev–Trinajstić information content (AvgIpc) is 3.27. The third kappa shape index (κ3) is 7.22. The lowest BCUT2D eigenvalue weighted by molar-refractivity contribution is -0.128. The number of rotatable bonds is 10. The zero-order valence-electron chi connectivity index (χ0n) is 22.7. The predicted octanol–water partition coefficient (Wildman–Crippen LogP) is 6.05. The van der Waals surface area contributed by atoms with E-state index >= 15 is 0 Å². The molecule has 9 heteroatoms. The van der Waals surface area contributed by atoms with Crippen molar-refractivity contribution < 1.29 is 18.9 Å². The van der Waals surface area contributed by atoms with Crippen LogP contribution in [-0.2, 0) is 14.4 Å². The summed E-state index contributed by atoms with van der Waals surface area (Å²) in [7, 11) is 0. The van der Waals surface area contributed by atoms with Gasteiger partial charge in [-0.3, -0.25) is 19.3 Å². The molecule has 0 saturated carbocycles. The zero-order valence-corrected chi connectivity index (χ0v) is 23.5. The first-order valence-corrected chi connectivity index (χ1v) is 13.0. The van der Waals surface area contributed by atoms with Crippen molar-refractivity contribution in [3.8, 4) is 0 Å². The fourth-order valence-electron chi connectivity index (χ4n) is 3.95. The van der Waals surface area contributed by atoms with Gasteiger partial charge in [-0.25, -0.2) is 0 Å². The first-order valence-electron chi connectivity index (χ1n) is 12.6. The first-order chi connectivity index (χ1) is 17.9. The summed E-state index contributed by atoms with van der Waals surface area (Å²) in [6, 6.07) is 13.3. The summed E-state index contributed by atoms with van der Waals surface area (Å²) in [6.45, 7) is 11.3. The Bertz CT molecular complexity index is 1320. The SMILES string of the molecule is CCC(C)(C)NC(=O)C(c1ccccc1Cl)N(C(=O)CCC(=O)Nc1cc(C)on1)c1cc(C)ccc1C. The number of hydrogen-bond donors (Lipinski definition) is 2. The number of hydrogen-bond acceptors (Lipinski definition) is 5. The van der Waals surface area contributed by atoms with Gasteiger partial charge < -0.3 is 15.2 Å². The molecule has 0 saturated heterocycles. The van der Waals surface area contributed by atoms with E-state index in [-0.39, 0.29) is 30.5 Å². The number of aryl methyl sites for hydroxylation is 3. The van der Waals surface area contributed by atoms with Crippen LogP contribution in [0.5, 0.6) is 0 Å². The van der Waals surface area contributed by atoms with Crippen molar-refractivity contribution in [2.75, 3.05) is 10.2 Å². The minimum absolute atomic E-state index is 0.108. The van der Waals surface area contributed by atoms with Gasteiger partial charge >= 0.3 is 0 Å². The van der Waals surface area contributed by atoms with E-state index in [9.17, 15) is 14.4 Å². The van der Waals surface area contributed by atoms with Gasteiger partial charge in [-0.05, 0) is 64.3 Å². The van der Waals surface area contributed by atoms with Gasteiger partial charge in [0.05, 0.1) is 0 Å². The fraction of sp³-hybridized carbons (Fsp3) is 0.379. The Balaban J connectivity index is 2.03. The van der Waals surface area contributed by atoms with E-state index in [2.05, 4.69) is 15.8 Å². The number of amides is 3. The molecule has 0 fully saturated rings. The van der Waals surface area contributed by atoms with Crippen molar-refractivity contribution in [2.45, 2.75) is 72.4 Å². The lowest BCUT2D eigenvalue weighted by Gasteiger charge is -2.36. The molecule has 0 bridgehead atoms. The molecule has 1 atom stereocenters. The van der Waals surface area contributed by atoms with Crippen LogP contribution in [0.1, 0.15) is 68.5 Å². The number of benzene rings is 2. The Labute approximate surface area is 228 Å². The van der Waals surface area contributed by atoms with E-state index in [1.54, 1.807) is 37.3 Å². The van der Waals surface area contributed by atoms with Crippen LogP contribution in [0.3, 0.4) is 0 Å². The van der Waals surface area contributed by atoms with Gasteiger partial charge in [0.25, 0.3) is 0 Å². The zero-order chi connectivity index (χ0) is 28.0. The molecule has 1 unspecified atom stereocenters. The monoisotopic (exact) mass is 538 g/mol. The Morgan fingerprint density at radius 2 is 1.76 bits per heavy atom. The molecule has 38 heavy (non-hydrogen) atoms. The van der Waals surface area contributed by atoms with E-state index in [0.29, 0.717) is 28.5 Å². The molecule has 8 nitrogen and oxygen atoms in total. The number of aromatic nitrogens is 1. The molecule has 0 spiro atoms. The van der Waals surface area contributed by atoms with Gasteiger partial charge in [0, 0.05) is 40.7 Å². The molecule has 0 radical (unpaired) electrons. The maximum Gasteiger partial charge on any atom is 0.248 e. The minimum Gasteiger partial charge on any atom is -0.360 e. The van der Waals surface area contributed by atoms with Gasteiger partial charge in [0.2, 0.25) is 17.7 Å². The summed E-state index contributed by atoms with van der Waals surface area (Å²) in [4.78, 5) is 41.9. The lowest BCUT2D eigenvalue weighted by atomic mass is 9.97. The minimum atomic E-state index is -1.05. The molecule has 1 aromatic heterocycles. The highest BCUT2D eigenvalue weighted by Gasteiger charge is 2.36. The van der Waals surface area contributed by atoms with Crippen molar-refractivity contribution in [3.05, 3.63) is 76.0 Å². The highest BCUT2D eigenvalue weighted by Crippen LogP contribution is 2.35. The van der Waals surface area contributed by atoms with E-state index in [1.807, 2.05) is 52.8 Å². The molecule has 0 aliphatic carbocycles. The largest absolute Gasteiger partial charge is 0.360 e. The number of nitrogens with one attached hydrogen (secondary N) is 2. The number of carbonyl (C=O) groups is 3. The van der Waals surface area contributed by atoms with Crippen LogP contribution in [-0.4, -0.2) is 28.4 Å². The second-order valence-corrected chi connectivity index (χ2v) is 10.5. The van der Waals surface area contributed by atoms with Crippen molar-refractivity contribution >= 4 is 40.8 Å². The van der Waals surface area contributed by atoms with E-state index < -0.39 is 17.5 Å². The Morgan fingerprint density at radius 3 is 2.39 bits per heavy atom. The maximum absolute atomic E-state index is 13.9. The number of nitrogens with zero attached hydrogens (tertiary/aromatic N) is 2. The standard InChI is InChI=1S/C29H35ClN4O4/c1-7-29(5,6)32-28(37)27(21-10-8-9-11-22(21)30)34(23-16-18(2)12-13-19(23)3)26(36)15-14-25(35)31-24-17-20(4)38-33-24/h8-13,16-17,27H,7,14-15H2,1-6H3,(H,32,37)(H,31,33,35). The summed E-state index contributed by atoms with van der Waals surface area (Å²) >= 11 is 6.60. The molecule has 0 aliphatic heterocycles. The lowest BCUT2D eigenvalue weighted by Crippen LogP contribution is -2.50. The molecule has 0 aliphatic rings. The smallest absolute Gasteiger partial charge is 0.248 e. The predicted molar refractivity (Wildman–Crippen MR) is 149 cm³/mol. The van der Waals surface area contributed by atoms with Gasteiger partial charge in [-0.15, -0.1) is 0 Å². The first kappa shape index (κ1) is 28.9. The Hall–Kier alpha value is -3.65. The molecule has 3 rings (SSSR count). The molecule has 2 N–H and O–H groups in total. The van der Waals surface area contributed by atoms with E-state index in [1.165, 1.54) is 4.90 Å². The van der Waals surface area contributed by atoms with Crippen LogP contribution >= 0.6 is 11.6 Å². The molecular weight excluding hydrogens is 504 g/mol.